The highest BCUT2D eigenvalue weighted by atomic mass is 19.1. The first-order valence-electron chi connectivity index (χ1n) is 8.93. The van der Waals surface area contributed by atoms with E-state index in [4.69, 9.17) is 4.42 Å². The van der Waals surface area contributed by atoms with Crippen molar-refractivity contribution in [2.24, 2.45) is 4.99 Å². The summed E-state index contributed by atoms with van der Waals surface area (Å²) in [6, 6.07) is 8.73. The van der Waals surface area contributed by atoms with Gasteiger partial charge in [-0.25, -0.2) is 4.39 Å². The molecule has 0 bridgehead atoms. The molecule has 5 nitrogen and oxygen atoms in total. The number of fused-ring (bicyclic) bond motifs is 1. The van der Waals surface area contributed by atoms with Crippen LogP contribution >= 0.6 is 0 Å². The van der Waals surface area contributed by atoms with Crippen LogP contribution in [0.15, 0.2) is 45.9 Å². The minimum absolute atomic E-state index is 0.0173. The van der Waals surface area contributed by atoms with Crippen molar-refractivity contribution in [1.29, 1.82) is 0 Å². The van der Waals surface area contributed by atoms with Crippen LogP contribution in [0, 0.1) is 12.7 Å². The molecule has 3 N–H and O–H groups in total. The highest BCUT2D eigenvalue weighted by molar-refractivity contribution is 5.83. The standard InChI is InChI=1S/C20H25FN4O/c1-4-22-20(25-14(3)19-8-5-13(2)26-19)23-10-9-15-12-24-18-7-6-16(21)11-17(15)18/h5-8,11-12,14,24H,4,9-10H2,1-3H3,(H2,22,23,25). The number of aromatic amines is 1. The fourth-order valence-electron chi connectivity index (χ4n) is 2.93. The van der Waals surface area contributed by atoms with Crippen LogP contribution < -0.4 is 10.6 Å². The number of hydrogen-bond donors (Lipinski definition) is 3. The zero-order valence-corrected chi connectivity index (χ0v) is 15.4. The predicted octanol–water partition coefficient (Wildman–Crippen LogP) is 4.07. The first-order chi connectivity index (χ1) is 12.6. The highest BCUT2D eigenvalue weighted by Gasteiger charge is 2.11. The lowest BCUT2D eigenvalue weighted by molar-refractivity contribution is 0.441. The van der Waals surface area contributed by atoms with Crippen LogP contribution in [0.25, 0.3) is 10.9 Å². The largest absolute Gasteiger partial charge is 0.464 e. The number of nitrogens with one attached hydrogen (secondary N) is 3. The number of rotatable bonds is 6. The molecule has 1 unspecified atom stereocenters. The molecule has 0 saturated carbocycles. The molecule has 3 rings (SSSR count). The van der Waals surface area contributed by atoms with Gasteiger partial charge in [0.1, 0.15) is 17.3 Å². The summed E-state index contributed by atoms with van der Waals surface area (Å²) in [6.07, 6.45) is 2.66. The molecule has 138 valence electrons. The first kappa shape index (κ1) is 18.0. The summed E-state index contributed by atoms with van der Waals surface area (Å²) in [5.41, 5.74) is 2.01. The molecule has 0 spiro atoms. The number of hydrogen-bond acceptors (Lipinski definition) is 2. The van der Waals surface area contributed by atoms with Crippen LogP contribution in [0.3, 0.4) is 0 Å². The van der Waals surface area contributed by atoms with E-state index in [2.05, 4.69) is 20.6 Å². The van der Waals surface area contributed by atoms with Gasteiger partial charge in [0, 0.05) is 30.2 Å². The van der Waals surface area contributed by atoms with Gasteiger partial charge in [-0.3, -0.25) is 4.99 Å². The van der Waals surface area contributed by atoms with E-state index in [1.807, 2.05) is 39.1 Å². The second-order valence-electron chi connectivity index (χ2n) is 6.33. The van der Waals surface area contributed by atoms with Gasteiger partial charge in [-0.15, -0.1) is 0 Å². The minimum atomic E-state index is -0.223. The number of H-pyrrole nitrogens is 1. The molecule has 0 amide bonds. The molecule has 2 aromatic heterocycles. The van der Waals surface area contributed by atoms with Crippen molar-refractivity contribution >= 4 is 16.9 Å². The van der Waals surface area contributed by atoms with Crippen molar-refractivity contribution in [2.75, 3.05) is 13.1 Å². The Morgan fingerprint density at radius 3 is 2.88 bits per heavy atom. The zero-order valence-electron chi connectivity index (χ0n) is 15.4. The van der Waals surface area contributed by atoms with Crippen molar-refractivity contribution in [3.8, 4) is 0 Å². The van der Waals surface area contributed by atoms with Gasteiger partial charge in [0.25, 0.3) is 0 Å². The van der Waals surface area contributed by atoms with Crippen LogP contribution in [-0.2, 0) is 6.42 Å². The Morgan fingerprint density at radius 1 is 1.31 bits per heavy atom. The van der Waals surface area contributed by atoms with Crippen molar-refractivity contribution in [2.45, 2.75) is 33.2 Å². The van der Waals surface area contributed by atoms with E-state index in [9.17, 15) is 4.39 Å². The predicted molar refractivity (Wildman–Crippen MR) is 103 cm³/mol. The second-order valence-corrected chi connectivity index (χ2v) is 6.33. The van der Waals surface area contributed by atoms with E-state index in [0.29, 0.717) is 6.54 Å². The lowest BCUT2D eigenvalue weighted by Crippen LogP contribution is -2.38. The average Bonchev–Trinajstić information content (AvgIpc) is 3.21. The fourth-order valence-corrected chi connectivity index (χ4v) is 2.93. The fraction of sp³-hybridized carbons (Fsp3) is 0.350. The van der Waals surface area contributed by atoms with Gasteiger partial charge < -0.3 is 20.0 Å². The number of guanidine groups is 1. The summed E-state index contributed by atoms with van der Waals surface area (Å²) in [5, 5.41) is 7.51. The Morgan fingerprint density at radius 2 is 2.15 bits per heavy atom. The van der Waals surface area contributed by atoms with E-state index in [-0.39, 0.29) is 11.9 Å². The Hall–Kier alpha value is -2.76. The lowest BCUT2D eigenvalue weighted by atomic mass is 10.1. The van der Waals surface area contributed by atoms with Gasteiger partial charge in [0.2, 0.25) is 0 Å². The molecule has 26 heavy (non-hydrogen) atoms. The quantitative estimate of drug-likeness (QED) is 0.461. The van der Waals surface area contributed by atoms with Crippen molar-refractivity contribution in [1.82, 2.24) is 15.6 Å². The average molecular weight is 356 g/mol. The van der Waals surface area contributed by atoms with E-state index in [1.165, 1.54) is 6.07 Å². The number of halogens is 1. The van der Waals surface area contributed by atoms with E-state index in [1.54, 1.807) is 12.1 Å². The van der Waals surface area contributed by atoms with Gasteiger partial charge in [0.05, 0.1) is 6.04 Å². The zero-order chi connectivity index (χ0) is 18.5. The molecule has 1 atom stereocenters. The third-order valence-electron chi connectivity index (χ3n) is 4.27. The molecule has 0 saturated heterocycles. The van der Waals surface area contributed by atoms with Crippen LogP contribution in [0.5, 0.6) is 0 Å². The van der Waals surface area contributed by atoms with Crippen molar-refractivity contribution < 1.29 is 8.81 Å². The molecule has 0 aliphatic heterocycles. The summed E-state index contributed by atoms with van der Waals surface area (Å²) in [7, 11) is 0. The first-order valence-corrected chi connectivity index (χ1v) is 8.93. The topological polar surface area (TPSA) is 65.3 Å². The second kappa shape index (κ2) is 8.08. The molecular formula is C20H25FN4O. The molecule has 0 fully saturated rings. The van der Waals surface area contributed by atoms with Crippen LogP contribution in [0.2, 0.25) is 0 Å². The van der Waals surface area contributed by atoms with Crippen molar-refractivity contribution in [3.63, 3.8) is 0 Å². The highest BCUT2D eigenvalue weighted by Crippen LogP contribution is 2.20. The van der Waals surface area contributed by atoms with Gasteiger partial charge in [-0.1, -0.05) is 0 Å². The van der Waals surface area contributed by atoms with Gasteiger partial charge in [0.15, 0.2) is 5.96 Å². The number of benzene rings is 1. The lowest BCUT2D eigenvalue weighted by Gasteiger charge is -2.16. The van der Waals surface area contributed by atoms with E-state index in [0.717, 1.165) is 46.9 Å². The summed E-state index contributed by atoms with van der Waals surface area (Å²) < 4.78 is 19.1. The Labute approximate surface area is 152 Å². The minimum Gasteiger partial charge on any atom is -0.464 e. The molecule has 3 aromatic rings. The SMILES string of the molecule is CCNC(=NCCc1c[nH]c2ccc(F)cc12)NC(C)c1ccc(C)o1. The monoisotopic (exact) mass is 356 g/mol. The third-order valence-corrected chi connectivity index (χ3v) is 4.27. The summed E-state index contributed by atoms with van der Waals surface area (Å²) in [6.45, 7) is 7.37. The molecule has 0 aliphatic rings. The number of nitrogens with zero attached hydrogens (tertiary/aromatic N) is 1. The maximum absolute atomic E-state index is 13.5. The molecular weight excluding hydrogens is 331 g/mol. The van der Waals surface area contributed by atoms with Crippen LogP contribution in [-0.4, -0.2) is 24.0 Å². The molecule has 1 aromatic carbocycles. The summed E-state index contributed by atoms with van der Waals surface area (Å²) in [5.74, 6) is 2.28. The number of furan rings is 1. The maximum Gasteiger partial charge on any atom is 0.191 e. The van der Waals surface area contributed by atoms with E-state index >= 15 is 0 Å². The van der Waals surface area contributed by atoms with E-state index < -0.39 is 0 Å². The molecule has 2 heterocycles. The van der Waals surface area contributed by atoms with Gasteiger partial charge in [-0.2, -0.15) is 0 Å². The molecule has 0 radical (unpaired) electrons. The number of aliphatic imine (C=N–C) groups is 1. The third kappa shape index (κ3) is 4.25. The smallest absolute Gasteiger partial charge is 0.191 e. The summed E-state index contributed by atoms with van der Waals surface area (Å²) in [4.78, 5) is 7.81. The Balaban J connectivity index is 1.66. The molecule has 0 aliphatic carbocycles. The van der Waals surface area contributed by atoms with Gasteiger partial charge >= 0.3 is 0 Å². The molecule has 6 heteroatoms. The Kier molecular flexibility index (Phi) is 5.61. The summed E-state index contributed by atoms with van der Waals surface area (Å²) >= 11 is 0. The van der Waals surface area contributed by atoms with Crippen LogP contribution in [0.1, 0.15) is 37.0 Å². The van der Waals surface area contributed by atoms with Gasteiger partial charge in [-0.05, 0) is 63.1 Å². The Bertz CT molecular complexity index is 896. The van der Waals surface area contributed by atoms with Crippen molar-refractivity contribution in [3.05, 3.63) is 59.4 Å². The van der Waals surface area contributed by atoms with Crippen LogP contribution in [0.4, 0.5) is 4.39 Å². The normalized spacial score (nSPS) is 13.2. The maximum atomic E-state index is 13.5. The number of aryl methyl sites for hydroxylation is 1. The number of aromatic nitrogens is 1.